The number of hydrogen-bond donors (Lipinski definition) is 2. The molecule has 9 heteroatoms. The first-order valence-electron chi connectivity index (χ1n) is 7.08. The summed E-state index contributed by atoms with van der Waals surface area (Å²) < 4.78 is 65.1. The summed E-state index contributed by atoms with van der Waals surface area (Å²) >= 11 is 0. The maximum absolute atomic E-state index is 12.8. The van der Waals surface area contributed by atoms with E-state index in [0.717, 1.165) is 0 Å². The molecule has 1 amide bonds. The standard InChI is InChI=1S/C14H17F3N2O3S/c15-14(16,17)10-2-1-3-11(8-10)19-23(21,22)12-6-4-9(5-7-12)13(18)20/h4-7,10-11,19H,1-3,8H2,(H2,18,20)/t10-,11+/m1/s1. The van der Waals surface area contributed by atoms with E-state index >= 15 is 0 Å². The van der Waals surface area contributed by atoms with Crippen LogP contribution in [0, 0.1) is 5.92 Å². The number of rotatable bonds is 4. The van der Waals surface area contributed by atoms with Gasteiger partial charge in [0.1, 0.15) is 0 Å². The van der Waals surface area contributed by atoms with Crippen molar-refractivity contribution < 1.29 is 26.4 Å². The van der Waals surface area contributed by atoms with Gasteiger partial charge in [-0.25, -0.2) is 13.1 Å². The first-order chi connectivity index (χ1) is 10.6. The topological polar surface area (TPSA) is 89.3 Å². The molecule has 1 aliphatic carbocycles. The number of benzene rings is 1. The van der Waals surface area contributed by atoms with E-state index in [2.05, 4.69) is 4.72 Å². The Morgan fingerprint density at radius 2 is 1.78 bits per heavy atom. The van der Waals surface area contributed by atoms with Crippen LogP contribution in [0.5, 0.6) is 0 Å². The van der Waals surface area contributed by atoms with Crippen LogP contribution in [0.4, 0.5) is 13.2 Å². The Labute approximate surface area is 132 Å². The van der Waals surface area contributed by atoms with Gasteiger partial charge in [-0.05, 0) is 43.5 Å². The summed E-state index contributed by atoms with van der Waals surface area (Å²) in [4.78, 5) is 10.8. The Morgan fingerprint density at radius 3 is 2.30 bits per heavy atom. The largest absolute Gasteiger partial charge is 0.391 e. The molecule has 1 aromatic rings. The Morgan fingerprint density at radius 1 is 1.17 bits per heavy atom. The number of halogens is 3. The number of nitrogens with two attached hydrogens (primary N) is 1. The lowest BCUT2D eigenvalue weighted by Gasteiger charge is -2.30. The molecule has 0 heterocycles. The van der Waals surface area contributed by atoms with Crippen LogP contribution < -0.4 is 10.5 Å². The number of amides is 1. The van der Waals surface area contributed by atoms with Crippen LogP contribution in [0.2, 0.25) is 0 Å². The number of carbonyl (C=O) groups excluding carboxylic acids is 1. The molecule has 1 saturated carbocycles. The zero-order valence-corrected chi connectivity index (χ0v) is 13.0. The monoisotopic (exact) mass is 350 g/mol. The normalized spacial score (nSPS) is 22.7. The van der Waals surface area contributed by atoms with E-state index in [1.54, 1.807) is 0 Å². The van der Waals surface area contributed by atoms with Gasteiger partial charge in [0.05, 0.1) is 10.8 Å². The van der Waals surface area contributed by atoms with Gasteiger partial charge in [-0.15, -0.1) is 0 Å². The molecule has 0 bridgehead atoms. The summed E-state index contributed by atoms with van der Waals surface area (Å²) in [6, 6.07) is 4.17. The highest BCUT2D eigenvalue weighted by Crippen LogP contribution is 2.37. The zero-order valence-electron chi connectivity index (χ0n) is 12.1. The van der Waals surface area contributed by atoms with E-state index < -0.39 is 34.1 Å². The van der Waals surface area contributed by atoms with Gasteiger partial charge in [-0.3, -0.25) is 4.79 Å². The van der Waals surface area contributed by atoms with Crippen molar-refractivity contribution in [2.24, 2.45) is 11.7 Å². The highest BCUT2D eigenvalue weighted by molar-refractivity contribution is 7.89. The average molecular weight is 350 g/mol. The highest BCUT2D eigenvalue weighted by atomic mass is 32.2. The molecule has 3 N–H and O–H groups in total. The summed E-state index contributed by atoms with van der Waals surface area (Å²) in [7, 11) is -3.94. The van der Waals surface area contributed by atoms with E-state index in [-0.39, 0.29) is 23.3 Å². The Hall–Kier alpha value is -1.61. The maximum Gasteiger partial charge on any atom is 0.391 e. The Bertz CT molecular complexity index is 672. The Balaban J connectivity index is 2.10. The van der Waals surface area contributed by atoms with Crippen molar-refractivity contribution in [2.75, 3.05) is 0 Å². The molecular formula is C14H17F3N2O3S. The molecule has 0 aliphatic heterocycles. The van der Waals surface area contributed by atoms with Gasteiger partial charge >= 0.3 is 6.18 Å². The van der Waals surface area contributed by atoms with Crippen molar-refractivity contribution in [1.29, 1.82) is 0 Å². The van der Waals surface area contributed by atoms with Crippen molar-refractivity contribution in [1.82, 2.24) is 4.72 Å². The second kappa shape index (κ2) is 6.48. The van der Waals surface area contributed by atoms with Gasteiger partial charge in [0.25, 0.3) is 0 Å². The average Bonchev–Trinajstić information content (AvgIpc) is 2.46. The minimum absolute atomic E-state index is 0.0229. The molecule has 5 nitrogen and oxygen atoms in total. The van der Waals surface area contributed by atoms with Crippen molar-refractivity contribution in [2.45, 2.75) is 42.8 Å². The second-order valence-electron chi connectivity index (χ2n) is 5.61. The van der Waals surface area contributed by atoms with Crippen LogP contribution in [-0.2, 0) is 10.0 Å². The third kappa shape index (κ3) is 4.44. The summed E-state index contributed by atoms with van der Waals surface area (Å²) in [6.45, 7) is 0. The van der Waals surface area contributed by atoms with Crippen molar-refractivity contribution in [3.63, 3.8) is 0 Å². The van der Waals surface area contributed by atoms with Crippen LogP contribution in [0.25, 0.3) is 0 Å². The second-order valence-corrected chi connectivity index (χ2v) is 7.33. The van der Waals surface area contributed by atoms with E-state index in [9.17, 15) is 26.4 Å². The van der Waals surface area contributed by atoms with Gasteiger partial charge in [-0.2, -0.15) is 13.2 Å². The van der Waals surface area contributed by atoms with Crippen LogP contribution in [0.15, 0.2) is 29.2 Å². The number of carbonyl (C=O) groups is 1. The van der Waals surface area contributed by atoms with Crippen LogP contribution in [0.3, 0.4) is 0 Å². The lowest BCUT2D eigenvalue weighted by atomic mass is 9.86. The van der Waals surface area contributed by atoms with Crippen LogP contribution >= 0.6 is 0 Å². The van der Waals surface area contributed by atoms with Gasteiger partial charge < -0.3 is 5.73 Å². The summed E-state index contributed by atoms with van der Waals surface area (Å²) in [6.07, 6.45) is -3.87. The maximum atomic E-state index is 12.8. The summed E-state index contributed by atoms with van der Waals surface area (Å²) in [5.74, 6) is -2.18. The van der Waals surface area contributed by atoms with Crippen molar-refractivity contribution in [3.8, 4) is 0 Å². The molecule has 0 spiro atoms. The van der Waals surface area contributed by atoms with E-state index in [1.807, 2.05) is 0 Å². The first-order valence-corrected chi connectivity index (χ1v) is 8.57. The molecule has 0 radical (unpaired) electrons. The highest BCUT2D eigenvalue weighted by Gasteiger charge is 2.42. The molecule has 1 fully saturated rings. The smallest absolute Gasteiger partial charge is 0.366 e. The summed E-state index contributed by atoms with van der Waals surface area (Å²) in [5, 5.41) is 0. The van der Waals surface area contributed by atoms with Crippen LogP contribution in [0.1, 0.15) is 36.0 Å². The van der Waals surface area contributed by atoms with Gasteiger partial charge in [0, 0.05) is 11.6 Å². The molecular weight excluding hydrogens is 333 g/mol. The van der Waals surface area contributed by atoms with E-state index in [0.29, 0.717) is 12.8 Å². The van der Waals surface area contributed by atoms with Crippen LogP contribution in [-0.4, -0.2) is 26.5 Å². The van der Waals surface area contributed by atoms with E-state index in [4.69, 9.17) is 5.73 Å². The van der Waals surface area contributed by atoms with Gasteiger partial charge in [0.15, 0.2) is 0 Å². The SMILES string of the molecule is NC(=O)c1ccc(S(=O)(=O)N[C@H]2CCC[C@@H](C(F)(F)F)C2)cc1. The molecule has 1 aromatic carbocycles. The lowest BCUT2D eigenvalue weighted by Crippen LogP contribution is -2.41. The fourth-order valence-electron chi connectivity index (χ4n) is 2.68. The molecule has 128 valence electrons. The number of hydrogen-bond acceptors (Lipinski definition) is 3. The van der Waals surface area contributed by atoms with Gasteiger partial charge in [-0.1, -0.05) is 6.42 Å². The molecule has 0 saturated heterocycles. The first kappa shape index (κ1) is 17.7. The fourth-order valence-corrected chi connectivity index (χ4v) is 3.96. The van der Waals surface area contributed by atoms with Gasteiger partial charge in [0.2, 0.25) is 15.9 Å². The third-order valence-electron chi connectivity index (χ3n) is 3.91. The predicted molar refractivity (Wildman–Crippen MR) is 77.1 cm³/mol. The molecule has 0 aromatic heterocycles. The number of primary amides is 1. The van der Waals surface area contributed by atoms with Crippen molar-refractivity contribution >= 4 is 15.9 Å². The molecule has 0 unspecified atom stereocenters. The fraction of sp³-hybridized carbons (Fsp3) is 0.500. The quantitative estimate of drug-likeness (QED) is 0.872. The molecule has 2 rings (SSSR count). The molecule has 1 aliphatic rings. The number of sulfonamides is 1. The minimum Gasteiger partial charge on any atom is -0.366 e. The minimum atomic E-state index is -4.31. The summed E-state index contributed by atoms with van der Waals surface area (Å²) in [5.41, 5.74) is 5.22. The molecule has 23 heavy (non-hydrogen) atoms. The zero-order chi connectivity index (χ0) is 17.3. The molecule has 2 atom stereocenters. The number of alkyl halides is 3. The van der Waals surface area contributed by atoms with E-state index in [1.165, 1.54) is 24.3 Å². The lowest BCUT2D eigenvalue weighted by molar-refractivity contribution is -0.183. The number of nitrogens with one attached hydrogen (secondary N) is 1. The third-order valence-corrected chi connectivity index (χ3v) is 5.44. The Kier molecular flexibility index (Phi) is 5.00. The predicted octanol–water partition coefficient (Wildman–Crippen LogP) is 2.18. The van der Waals surface area contributed by atoms with Crippen molar-refractivity contribution in [3.05, 3.63) is 29.8 Å².